The van der Waals surface area contributed by atoms with Gasteiger partial charge < -0.3 is 9.13 Å². The van der Waals surface area contributed by atoms with Crippen LogP contribution in [-0.2, 0) is 105 Å². The van der Waals surface area contributed by atoms with E-state index >= 15 is 0 Å². The molecule has 16 nitrogen and oxygen atoms in total. The van der Waals surface area contributed by atoms with E-state index in [4.69, 9.17) is 9.98 Å². The fourth-order valence-electron chi connectivity index (χ4n) is 12.6. The standard InChI is InChI=1S/C73H62N8O8S4.CH4.Y/c1-90(82,83)54-25-17-50(18-26-54)45-76-41-9-5-13-62(76)70-58-33-34-59(74-58)71(63-14-6-10-42-77(63)46-51-19-27-55(28-20-51)91(2,84)85)68-39-40-69-73(65-16-8-12-44-79(65)48-53-23-31-57(32-24-53)93(4,88)89)61-36-35-60(75-61)72(67-38-37-66(70)80(67)49-81(68)69)64-15-7-11-43-78(64)47-52-21-29-56(30-22-52)92(3,86)87;;/h5-44H,45-49H2,1-4H3;1H4;/q+4;;. The van der Waals surface area contributed by atoms with Crippen LogP contribution >= 0.6 is 0 Å². The molecule has 0 saturated heterocycles. The van der Waals surface area contributed by atoms with Crippen LogP contribution in [0.4, 0.5) is 0 Å². The minimum atomic E-state index is -3.46. The van der Waals surface area contributed by atoms with Crippen molar-refractivity contribution in [1.82, 2.24) is 9.13 Å². The molecule has 4 aliphatic rings. The zero-order valence-electron chi connectivity index (χ0n) is 51.7. The van der Waals surface area contributed by atoms with Crippen molar-refractivity contribution in [2.75, 3.05) is 25.0 Å². The van der Waals surface area contributed by atoms with E-state index in [2.05, 4.69) is 100 Å². The molecule has 95 heavy (non-hydrogen) atoms. The van der Waals surface area contributed by atoms with Crippen LogP contribution < -0.4 is 29.0 Å². The van der Waals surface area contributed by atoms with E-state index in [1.165, 1.54) is 25.0 Å². The maximum Gasteiger partial charge on any atom is 0.217 e. The molecule has 4 aromatic carbocycles. The predicted octanol–water partition coefficient (Wildman–Crippen LogP) is 7.35. The van der Waals surface area contributed by atoms with Crippen molar-refractivity contribution in [3.63, 3.8) is 0 Å². The number of allylic oxidation sites excluding steroid dienone is 4. The number of aromatic nitrogens is 6. The minimum absolute atomic E-state index is 0. The van der Waals surface area contributed by atoms with Gasteiger partial charge in [-0.05, 0) is 121 Å². The first kappa shape index (κ1) is 66.0. The normalized spacial score (nSPS) is 14.3. The second kappa shape index (κ2) is 25.9. The van der Waals surface area contributed by atoms with Crippen molar-refractivity contribution in [1.29, 1.82) is 0 Å². The van der Waals surface area contributed by atoms with E-state index < -0.39 is 39.3 Å². The Kier molecular flexibility index (Phi) is 18.0. The Morgan fingerprint density at radius 3 is 0.884 bits per heavy atom. The van der Waals surface area contributed by atoms with Gasteiger partial charge in [0.1, 0.15) is 6.67 Å². The summed E-state index contributed by atoms with van der Waals surface area (Å²) in [7, 11) is -13.8. The van der Waals surface area contributed by atoms with Gasteiger partial charge in [-0.3, -0.25) is 0 Å². The molecule has 0 atom stereocenters. The van der Waals surface area contributed by atoms with Crippen molar-refractivity contribution >= 4 is 73.1 Å². The summed E-state index contributed by atoms with van der Waals surface area (Å²) in [4.78, 5) is 12.4. The summed E-state index contributed by atoms with van der Waals surface area (Å²) < 4.78 is 115. The molecule has 21 heteroatoms. The SMILES string of the molecule is C.CS(=O)(=O)c1ccc(C[n+]2ccccc2C2=C3C=CC(=N3)C(c3cccc[n+]3Cc3ccc(S(C)(=O)=O)cc3)=c3ccc4n3Cn3c2ccc3C(c2cccc[n+]2Cc2ccc(S(C)(=O)=O)cc2)=C2C=CC(=N2)C=4c2cccc[n+]2Cc2ccc(S(C)(=O)=O)cc2)cc1.[Y]. The Labute approximate surface area is 578 Å². The quantitative estimate of drug-likeness (QED) is 0.0899. The second-order valence-electron chi connectivity index (χ2n) is 23.7. The number of nitrogens with zero attached hydrogens (tertiary/aromatic N) is 8. The van der Waals surface area contributed by atoms with Crippen LogP contribution in [-0.4, -0.2) is 79.3 Å². The molecule has 14 rings (SSSR count). The molecule has 473 valence electrons. The third kappa shape index (κ3) is 13.1. The number of hydrogen-bond donors (Lipinski definition) is 0. The number of fused-ring (bicyclic) bond motifs is 2. The van der Waals surface area contributed by atoms with E-state index in [-0.39, 0.29) is 66.4 Å². The molecule has 0 aliphatic carbocycles. The zero-order chi connectivity index (χ0) is 64.6. The summed E-state index contributed by atoms with van der Waals surface area (Å²) in [5.41, 5.74) is 14.6. The Balaban J connectivity index is 0.00000432. The molecule has 0 unspecified atom stereocenters. The summed E-state index contributed by atoms with van der Waals surface area (Å²) in [5, 5.41) is 1.67. The number of aliphatic imine (C=N–C) groups is 2. The van der Waals surface area contributed by atoms with Gasteiger partial charge in [0.2, 0.25) is 22.8 Å². The van der Waals surface area contributed by atoms with Gasteiger partial charge in [0.25, 0.3) is 0 Å². The number of rotatable bonds is 16. The molecule has 6 bridgehead atoms. The van der Waals surface area contributed by atoms with Gasteiger partial charge in [0, 0.05) is 129 Å². The van der Waals surface area contributed by atoms with Crippen LogP contribution in [0, 0.1) is 0 Å². The molecule has 4 aliphatic heterocycles. The van der Waals surface area contributed by atoms with E-state index in [1.54, 1.807) is 48.5 Å². The molecule has 0 saturated carbocycles. The summed E-state index contributed by atoms with van der Waals surface area (Å²) in [5.74, 6) is 0. The summed E-state index contributed by atoms with van der Waals surface area (Å²) in [6.45, 7) is 1.76. The molecule has 0 fully saturated rings. The van der Waals surface area contributed by atoms with Crippen LogP contribution in [0.3, 0.4) is 0 Å². The van der Waals surface area contributed by atoms with Crippen molar-refractivity contribution in [3.05, 3.63) is 322 Å². The Morgan fingerprint density at radius 1 is 0.337 bits per heavy atom. The van der Waals surface area contributed by atoms with Crippen molar-refractivity contribution < 1.29 is 84.6 Å². The average molecular weight is 1410 g/mol. The van der Waals surface area contributed by atoms with Crippen LogP contribution in [0.2, 0.25) is 0 Å². The van der Waals surface area contributed by atoms with Crippen LogP contribution in [0.5, 0.6) is 0 Å². The Bertz CT molecular complexity index is 5270. The van der Waals surface area contributed by atoms with E-state index in [0.717, 1.165) is 89.4 Å². The van der Waals surface area contributed by atoms with Gasteiger partial charge in [-0.2, -0.15) is 18.3 Å². The third-order valence-corrected chi connectivity index (χ3v) is 21.7. The maximum atomic E-state index is 12.7. The Morgan fingerprint density at radius 2 is 0.611 bits per heavy atom. The monoisotopic (exact) mass is 1410 g/mol. The summed E-state index contributed by atoms with van der Waals surface area (Å²) in [6, 6.07) is 60.8. The molecule has 0 N–H and O–H groups in total. The molecule has 1 radical (unpaired) electrons. The first-order valence-electron chi connectivity index (χ1n) is 29.9. The van der Waals surface area contributed by atoms with Gasteiger partial charge in [-0.1, -0.05) is 56.0 Å². The third-order valence-electron chi connectivity index (χ3n) is 17.2. The summed E-state index contributed by atoms with van der Waals surface area (Å²) >= 11 is 0. The van der Waals surface area contributed by atoms with Gasteiger partial charge in [-0.15, -0.1) is 0 Å². The van der Waals surface area contributed by atoms with Crippen LogP contribution in [0.15, 0.2) is 284 Å². The first-order chi connectivity index (χ1) is 44.6. The van der Waals surface area contributed by atoms with Crippen LogP contribution in [0.1, 0.15) is 63.8 Å². The largest absolute Gasteiger partial charge is 0.321 e. The van der Waals surface area contributed by atoms with Gasteiger partial charge in [0.05, 0.1) is 86.8 Å². The van der Waals surface area contributed by atoms with Crippen LogP contribution in [0.25, 0.3) is 22.3 Å². The molecule has 0 amide bonds. The maximum absolute atomic E-state index is 12.7. The average Bonchev–Trinajstić information content (AvgIpc) is 1.58. The Hall–Kier alpha value is -9.02. The number of sulfone groups is 4. The molecular weight excluding hydrogens is 1350 g/mol. The van der Waals surface area contributed by atoms with Gasteiger partial charge in [-0.25, -0.2) is 43.7 Å². The van der Waals surface area contributed by atoms with Gasteiger partial charge in [0.15, 0.2) is 90.3 Å². The zero-order valence-corrected chi connectivity index (χ0v) is 57.8. The number of hydrogen-bond acceptors (Lipinski definition) is 10. The van der Waals surface area contributed by atoms with Crippen molar-refractivity contribution in [3.8, 4) is 0 Å². The number of benzene rings is 4. The molecule has 6 aromatic heterocycles. The molecule has 0 spiro atoms. The predicted molar refractivity (Wildman–Crippen MR) is 362 cm³/mol. The topological polar surface area (TPSA) is 187 Å². The second-order valence-corrected chi connectivity index (χ2v) is 31.7. The summed E-state index contributed by atoms with van der Waals surface area (Å²) in [6.07, 6.45) is 21.2. The minimum Gasteiger partial charge on any atom is -0.321 e. The molecule has 10 aromatic rings. The first-order valence-corrected chi connectivity index (χ1v) is 37.5. The van der Waals surface area contributed by atoms with Gasteiger partial charge >= 0.3 is 0 Å². The molecular formula is C74H66N8O8S4Y+4. The van der Waals surface area contributed by atoms with Crippen molar-refractivity contribution in [2.45, 2.75) is 59.9 Å². The molecule has 10 heterocycles. The van der Waals surface area contributed by atoms with E-state index in [1.807, 2.05) is 122 Å². The fraction of sp³-hybridized carbons (Fsp3) is 0.135. The van der Waals surface area contributed by atoms with Crippen molar-refractivity contribution in [2.24, 2.45) is 9.98 Å². The number of pyridine rings is 4. The van der Waals surface area contributed by atoms with E-state index in [9.17, 15) is 33.7 Å². The smallest absolute Gasteiger partial charge is 0.217 e. The van der Waals surface area contributed by atoms with E-state index in [0.29, 0.717) is 49.0 Å². The fourth-order valence-corrected chi connectivity index (χ4v) is 15.2.